The number of nitrogens with one attached hydrogen (secondary N) is 2. The number of amides is 1. The van der Waals surface area contributed by atoms with E-state index in [9.17, 15) is 13.2 Å². The smallest absolute Gasteiger partial charge is 0.263 e. The average Bonchev–Trinajstić information content (AvgIpc) is 2.72. The van der Waals surface area contributed by atoms with Crippen LogP contribution < -0.4 is 14.8 Å². The van der Waals surface area contributed by atoms with Gasteiger partial charge in [-0.3, -0.25) is 9.52 Å². The van der Waals surface area contributed by atoms with Gasteiger partial charge in [-0.1, -0.05) is 48.0 Å². The molecule has 2 N–H and O–H groups in total. The molecule has 0 aromatic heterocycles. The normalized spacial score (nSPS) is 11.0. The summed E-state index contributed by atoms with van der Waals surface area (Å²) in [4.78, 5) is 12.4. The minimum absolute atomic E-state index is 0.0229. The van der Waals surface area contributed by atoms with Gasteiger partial charge in [0.1, 0.15) is 10.6 Å². The van der Waals surface area contributed by atoms with Crippen LogP contribution in [0.25, 0.3) is 0 Å². The zero-order valence-corrected chi connectivity index (χ0v) is 17.1. The van der Waals surface area contributed by atoms with Crippen LogP contribution in [-0.4, -0.2) is 21.4 Å². The maximum absolute atomic E-state index is 12.7. The Bertz CT molecular complexity index is 1120. The molecule has 0 bridgehead atoms. The molecule has 0 saturated heterocycles. The number of ether oxygens (including phenoxy) is 1. The van der Waals surface area contributed by atoms with Gasteiger partial charge >= 0.3 is 0 Å². The Kier molecular flexibility index (Phi) is 6.41. The van der Waals surface area contributed by atoms with Crippen molar-refractivity contribution in [1.29, 1.82) is 0 Å². The lowest BCUT2D eigenvalue weighted by Gasteiger charge is -2.12. The Morgan fingerprint density at radius 3 is 2.41 bits per heavy atom. The van der Waals surface area contributed by atoms with Gasteiger partial charge in [0, 0.05) is 23.4 Å². The van der Waals surface area contributed by atoms with Crippen molar-refractivity contribution in [2.75, 3.05) is 11.8 Å². The minimum Gasteiger partial charge on any atom is -0.496 e. The molecule has 0 radical (unpaired) electrons. The average molecular weight is 431 g/mol. The largest absolute Gasteiger partial charge is 0.496 e. The molecule has 3 aromatic rings. The monoisotopic (exact) mass is 430 g/mol. The van der Waals surface area contributed by atoms with Gasteiger partial charge in [0.05, 0.1) is 12.1 Å². The molecule has 3 aromatic carbocycles. The fraction of sp³-hybridized carbons (Fsp3) is 0.0952. The number of carbonyl (C=O) groups excluding carboxylic acids is 1. The number of hydrogen-bond donors (Lipinski definition) is 2. The first-order valence-corrected chi connectivity index (χ1v) is 10.5. The van der Waals surface area contributed by atoms with E-state index in [0.717, 1.165) is 5.56 Å². The highest BCUT2D eigenvalue weighted by Gasteiger charge is 2.20. The van der Waals surface area contributed by atoms with Crippen LogP contribution in [0.5, 0.6) is 5.75 Å². The Hall–Kier alpha value is -3.03. The molecule has 1 amide bonds. The van der Waals surface area contributed by atoms with Crippen molar-refractivity contribution in [3.8, 4) is 5.75 Å². The van der Waals surface area contributed by atoms with E-state index in [1.807, 2.05) is 18.2 Å². The number of carbonyl (C=O) groups is 1. The molecule has 0 atom stereocenters. The van der Waals surface area contributed by atoms with E-state index in [2.05, 4.69) is 10.0 Å². The highest BCUT2D eigenvalue weighted by Crippen LogP contribution is 2.25. The zero-order valence-electron chi connectivity index (χ0n) is 15.6. The quantitative estimate of drug-likeness (QED) is 0.591. The Morgan fingerprint density at radius 2 is 1.69 bits per heavy atom. The molecule has 0 aliphatic carbocycles. The van der Waals surface area contributed by atoms with Crippen molar-refractivity contribution in [3.05, 3.63) is 88.9 Å². The Labute approximate surface area is 174 Å². The van der Waals surface area contributed by atoms with Crippen molar-refractivity contribution < 1.29 is 17.9 Å². The summed E-state index contributed by atoms with van der Waals surface area (Å²) in [6.45, 7) is 0.232. The van der Waals surface area contributed by atoms with E-state index in [1.165, 1.54) is 18.2 Å². The third kappa shape index (κ3) is 5.07. The molecule has 3 rings (SSSR count). The SMILES string of the molecule is COc1ccccc1CNC(=O)c1ccc(Cl)c(S(=O)(=O)Nc2ccccc2)c1. The number of sulfonamides is 1. The molecular weight excluding hydrogens is 412 g/mol. The third-order valence-corrected chi connectivity index (χ3v) is 6.00. The standard InChI is InChI=1S/C21H19ClN2O4S/c1-28-19-10-6-5-7-16(19)14-23-21(25)15-11-12-18(22)20(13-15)29(26,27)24-17-8-3-2-4-9-17/h2-13,24H,14H2,1H3,(H,23,25). The van der Waals surface area contributed by atoms with E-state index in [1.54, 1.807) is 43.5 Å². The van der Waals surface area contributed by atoms with Gasteiger partial charge in [0.25, 0.3) is 15.9 Å². The summed E-state index contributed by atoms with van der Waals surface area (Å²) < 4.78 is 33.1. The molecule has 8 heteroatoms. The third-order valence-electron chi connectivity index (χ3n) is 4.14. The fourth-order valence-corrected chi connectivity index (χ4v) is 4.28. The molecule has 6 nitrogen and oxygen atoms in total. The van der Waals surface area contributed by atoms with Crippen LogP contribution in [0.15, 0.2) is 77.7 Å². The highest BCUT2D eigenvalue weighted by molar-refractivity contribution is 7.92. The zero-order chi connectivity index (χ0) is 20.9. The number of methoxy groups -OCH3 is 1. The Morgan fingerprint density at radius 1 is 1.00 bits per heavy atom. The first kappa shape index (κ1) is 20.7. The van der Waals surface area contributed by atoms with Crippen molar-refractivity contribution in [1.82, 2.24) is 5.32 Å². The summed E-state index contributed by atoms with van der Waals surface area (Å²) in [5.74, 6) is 0.225. The van der Waals surface area contributed by atoms with E-state index in [4.69, 9.17) is 16.3 Å². The maximum atomic E-state index is 12.7. The molecule has 0 fully saturated rings. The molecule has 0 unspecified atom stereocenters. The summed E-state index contributed by atoms with van der Waals surface area (Å²) in [6, 6.07) is 19.9. The molecule has 150 valence electrons. The Balaban J connectivity index is 1.80. The predicted octanol–water partition coefficient (Wildman–Crippen LogP) is 4.08. The number of halogens is 1. The number of hydrogen-bond acceptors (Lipinski definition) is 4. The number of rotatable bonds is 7. The second kappa shape index (κ2) is 8.98. The van der Waals surface area contributed by atoms with Gasteiger partial charge in [-0.15, -0.1) is 0 Å². The van der Waals surface area contributed by atoms with Crippen LogP contribution in [-0.2, 0) is 16.6 Å². The van der Waals surface area contributed by atoms with Gasteiger partial charge in [-0.05, 0) is 36.4 Å². The van der Waals surface area contributed by atoms with Crippen LogP contribution >= 0.6 is 11.6 Å². The molecule has 0 aliphatic heterocycles. The van der Waals surface area contributed by atoms with E-state index < -0.39 is 15.9 Å². The van der Waals surface area contributed by atoms with Crippen molar-refractivity contribution in [3.63, 3.8) is 0 Å². The van der Waals surface area contributed by atoms with Crippen LogP contribution in [0.1, 0.15) is 15.9 Å². The number of anilines is 1. The molecule has 0 spiro atoms. The van der Waals surface area contributed by atoms with Crippen molar-refractivity contribution in [2.24, 2.45) is 0 Å². The molecule has 0 saturated carbocycles. The molecular formula is C21H19ClN2O4S. The maximum Gasteiger partial charge on any atom is 0.263 e. The fourth-order valence-electron chi connectivity index (χ4n) is 2.69. The summed E-state index contributed by atoms with van der Waals surface area (Å²) in [5, 5.41) is 2.78. The van der Waals surface area contributed by atoms with Gasteiger partial charge in [0.15, 0.2) is 0 Å². The summed E-state index contributed by atoms with van der Waals surface area (Å²) in [6.07, 6.45) is 0. The van der Waals surface area contributed by atoms with Gasteiger partial charge in [-0.2, -0.15) is 0 Å². The lowest BCUT2D eigenvalue weighted by atomic mass is 10.1. The molecule has 0 aliphatic rings. The lowest BCUT2D eigenvalue weighted by Crippen LogP contribution is -2.23. The van der Waals surface area contributed by atoms with E-state index >= 15 is 0 Å². The number of benzene rings is 3. The van der Waals surface area contributed by atoms with Gasteiger partial charge in [0.2, 0.25) is 0 Å². The van der Waals surface area contributed by atoms with Crippen LogP contribution in [0, 0.1) is 0 Å². The lowest BCUT2D eigenvalue weighted by molar-refractivity contribution is 0.0950. The molecule has 29 heavy (non-hydrogen) atoms. The van der Waals surface area contributed by atoms with Crippen LogP contribution in [0.2, 0.25) is 5.02 Å². The predicted molar refractivity (Wildman–Crippen MR) is 113 cm³/mol. The number of para-hydroxylation sites is 2. The van der Waals surface area contributed by atoms with E-state index in [0.29, 0.717) is 11.4 Å². The van der Waals surface area contributed by atoms with Crippen LogP contribution in [0.3, 0.4) is 0 Å². The minimum atomic E-state index is -3.96. The summed E-state index contributed by atoms with van der Waals surface area (Å²) >= 11 is 6.10. The van der Waals surface area contributed by atoms with Gasteiger partial charge in [-0.25, -0.2) is 8.42 Å². The second-order valence-electron chi connectivity index (χ2n) is 6.11. The topological polar surface area (TPSA) is 84.5 Å². The second-order valence-corrected chi connectivity index (χ2v) is 8.17. The van der Waals surface area contributed by atoms with Crippen LogP contribution in [0.4, 0.5) is 5.69 Å². The van der Waals surface area contributed by atoms with Crippen molar-refractivity contribution in [2.45, 2.75) is 11.4 Å². The highest BCUT2D eigenvalue weighted by atomic mass is 35.5. The van der Waals surface area contributed by atoms with Crippen molar-refractivity contribution >= 4 is 33.2 Å². The first-order chi connectivity index (χ1) is 13.9. The van der Waals surface area contributed by atoms with Gasteiger partial charge < -0.3 is 10.1 Å². The van der Waals surface area contributed by atoms with E-state index in [-0.39, 0.29) is 22.0 Å². The first-order valence-electron chi connectivity index (χ1n) is 8.68. The molecule has 0 heterocycles. The summed E-state index contributed by atoms with van der Waals surface area (Å²) in [7, 11) is -2.41. The summed E-state index contributed by atoms with van der Waals surface area (Å²) in [5.41, 5.74) is 1.38.